The molecule has 1 aromatic rings. The molecule has 4 rings (SSSR count). The van der Waals surface area contributed by atoms with Crippen molar-refractivity contribution in [2.75, 3.05) is 24.6 Å². The van der Waals surface area contributed by atoms with E-state index in [2.05, 4.69) is 10.5 Å². The summed E-state index contributed by atoms with van der Waals surface area (Å²) < 4.78 is 16.7. The molecule has 0 saturated carbocycles. The Labute approximate surface area is 157 Å². The van der Waals surface area contributed by atoms with E-state index in [0.29, 0.717) is 31.3 Å². The molecular weight excluding hydrogens is 350 g/mol. The number of aromatic nitrogens is 1. The lowest BCUT2D eigenvalue weighted by molar-refractivity contribution is -0.132. The van der Waals surface area contributed by atoms with E-state index in [9.17, 15) is 9.59 Å². The first-order valence-corrected chi connectivity index (χ1v) is 9.42. The second-order valence-electron chi connectivity index (χ2n) is 7.68. The molecule has 4 heterocycles. The quantitative estimate of drug-likeness (QED) is 0.569. The van der Waals surface area contributed by atoms with Crippen LogP contribution >= 0.6 is 0 Å². The molecule has 3 aliphatic heterocycles. The molecular formula is C19H25N3O5. The molecule has 8 heteroatoms. The van der Waals surface area contributed by atoms with Crippen LogP contribution in [0.4, 0.5) is 5.82 Å². The average Bonchev–Trinajstić information content (AvgIpc) is 3.35. The predicted octanol–water partition coefficient (Wildman–Crippen LogP) is 1.20. The number of hydrogen-bond donors (Lipinski definition) is 1. The van der Waals surface area contributed by atoms with Crippen LogP contribution in [0.25, 0.3) is 0 Å². The summed E-state index contributed by atoms with van der Waals surface area (Å²) in [5.74, 6) is -0.244. The molecule has 0 unspecified atom stereocenters. The highest BCUT2D eigenvalue weighted by Gasteiger charge is 2.67. The monoisotopic (exact) mass is 375 g/mol. The second kappa shape index (κ2) is 6.76. The Hall–Kier alpha value is -2.19. The third-order valence-electron chi connectivity index (χ3n) is 5.37. The number of aryl methyl sites for hydroxylation is 1. The van der Waals surface area contributed by atoms with Crippen LogP contribution < -0.4 is 10.2 Å². The Bertz CT molecular complexity index is 773. The van der Waals surface area contributed by atoms with Crippen LogP contribution in [-0.2, 0) is 19.1 Å². The van der Waals surface area contributed by atoms with Gasteiger partial charge in [-0.3, -0.25) is 14.5 Å². The molecule has 146 valence electrons. The zero-order valence-electron chi connectivity index (χ0n) is 15.8. The maximum absolute atomic E-state index is 13.1. The molecule has 1 spiro atoms. The Morgan fingerprint density at radius 3 is 3.04 bits per heavy atom. The molecule has 1 N–H and O–H groups in total. The van der Waals surface area contributed by atoms with Crippen molar-refractivity contribution in [1.29, 1.82) is 0 Å². The van der Waals surface area contributed by atoms with Crippen molar-refractivity contribution in [3.63, 3.8) is 0 Å². The van der Waals surface area contributed by atoms with Gasteiger partial charge in [0, 0.05) is 19.2 Å². The van der Waals surface area contributed by atoms with Crippen LogP contribution in [0.5, 0.6) is 0 Å². The van der Waals surface area contributed by atoms with E-state index >= 15 is 0 Å². The number of nitrogens with zero attached hydrogens (tertiary/aromatic N) is 2. The summed E-state index contributed by atoms with van der Waals surface area (Å²) in [5.41, 5.74) is -0.753. The minimum Gasteiger partial charge on any atom is -0.379 e. The van der Waals surface area contributed by atoms with E-state index in [1.54, 1.807) is 17.9 Å². The summed E-state index contributed by atoms with van der Waals surface area (Å²) in [4.78, 5) is 27.4. The summed E-state index contributed by atoms with van der Waals surface area (Å²) in [5, 5.41) is 6.88. The fourth-order valence-corrected chi connectivity index (χ4v) is 4.19. The number of hydrogen-bond acceptors (Lipinski definition) is 6. The lowest BCUT2D eigenvalue weighted by Crippen LogP contribution is -2.44. The van der Waals surface area contributed by atoms with Gasteiger partial charge in [0.15, 0.2) is 5.82 Å². The number of ether oxygens (including phenoxy) is 2. The zero-order valence-corrected chi connectivity index (χ0v) is 15.8. The molecule has 0 aliphatic carbocycles. The first kappa shape index (κ1) is 18.2. The molecule has 0 aromatic carbocycles. The fourth-order valence-electron chi connectivity index (χ4n) is 4.19. The molecule has 27 heavy (non-hydrogen) atoms. The summed E-state index contributed by atoms with van der Waals surface area (Å²) in [6.07, 6.45) is 4.37. The van der Waals surface area contributed by atoms with Crippen molar-refractivity contribution in [1.82, 2.24) is 10.5 Å². The van der Waals surface area contributed by atoms with Crippen LogP contribution in [0.2, 0.25) is 0 Å². The third kappa shape index (κ3) is 3.06. The topological polar surface area (TPSA) is 93.9 Å². The van der Waals surface area contributed by atoms with Gasteiger partial charge in [0.25, 0.3) is 0 Å². The van der Waals surface area contributed by atoms with E-state index in [1.165, 1.54) is 0 Å². The van der Waals surface area contributed by atoms with Gasteiger partial charge in [0.1, 0.15) is 11.4 Å². The van der Waals surface area contributed by atoms with Crippen LogP contribution in [-0.4, -0.2) is 54.5 Å². The van der Waals surface area contributed by atoms with Crippen molar-refractivity contribution in [2.24, 2.45) is 11.8 Å². The van der Waals surface area contributed by atoms with E-state index in [4.69, 9.17) is 14.0 Å². The Balaban J connectivity index is 1.44. The number of amides is 2. The number of carbonyl (C=O) groups is 2. The van der Waals surface area contributed by atoms with Gasteiger partial charge < -0.3 is 19.3 Å². The van der Waals surface area contributed by atoms with E-state index in [0.717, 1.165) is 6.42 Å². The standard InChI is InChI=1S/C19H25N3O5/c1-11(2)25-8-4-7-20-17(23)15-13-5-6-19(26-13)10-22(18(24)16(15)19)14-9-12(3)27-21-14/h5-6,9,11,13,15-16H,4,7-8,10H2,1-3H3,(H,20,23)/t13-,15-,16+,19-/m1/s1. The summed E-state index contributed by atoms with van der Waals surface area (Å²) in [6, 6.07) is 1.72. The minimum atomic E-state index is -0.753. The predicted molar refractivity (Wildman–Crippen MR) is 96.0 cm³/mol. The minimum absolute atomic E-state index is 0.140. The summed E-state index contributed by atoms with van der Waals surface area (Å²) >= 11 is 0. The Morgan fingerprint density at radius 1 is 1.52 bits per heavy atom. The smallest absolute Gasteiger partial charge is 0.235 e. The zero-order chi connectivity index (χ0) is 19.2. The van der Waals surface area contributed by atoms with Crippen molar-refractivity contribution in [3.05, 3.63) is 24.0 Å². The van der Waals surface area contributed by atoms with Gasteiger partial charge in [-0.05, 0) is 27.2 Å². The first-order chi connectivity index (χ1) is 12.9. The molecule has 2 bridgehead atoms. The SMILES string of the molecule is Cc1cc(N2C[C@@]34C=C[C@@H](O3)[C@@H](C(=O)NCCCOC(C)C)[C@H]4C2=O)no1. The third-order valence-corrected chi connectivity index (χ3v) is 5.37. The molecule has 2 amide bonds. The van der Waals surface area contributed by atoms with Crippen molar-refractivity contribution in [2.45, 2.75) is 45.0 Å². The van der Waals surface area contributed by atoms with Crippen molar-refractivity contribution < 1.29 is 23.6 Å². The van der Waals surface area contributed by atoms with Gasteiger partial charge in [-0.1, -0.05) is 17.3 Å². The molecule has 2 fully saturated rings. The van der Waals surface area contributed by atoms with Crippen LogP contribution in [0.15, 0.2) is 22.7 Å². The largest absolute Gasteiger partial charge is 0.379 e. The summed E-state index contributed by atoms with van der Waals surface area (Å²) in [6.45, 7) is 7.18. The molecule has 1 aromatic heterocycles. The summed E-state index contributed by atoms with van der Waals surface area (Å²) in [7, 11) is 0. The molecule has 4 atom stereocenters. The van der Waals surface area contributed by atoms with Crippen molar-refractivity contribution in [3.8, 4) is 0 Å². The van der Waals surface area contributed by atoms with E-state index in [-0.39, 0.29) is 24.0 Å². The molecule has 2 saturated heterocycles. The number of nitrogens with one attached hydrogen (secondary N) is 1. The molecule has 8 nitrogen and oxygen atoms in total. The Morgan fingerprint density at radius 2 is 2.33 bits per heavy atom. The number of anilines is 1. The highest BCUT2D eigenvalue weighted by Crippen LogP contribution is 2.52. The lowest BCUT2D eigenvalue weighted by atomic mass is 9.77. The fraction of sp³-hybridized carbons (Fsp3) is 0.632. The van der Waals surface area contributed by atoms with E-state index < -0.39 is 17.4 Å². The highest BCUT2D eigenvalue weighted by atomic mass is 16.5. The van der Waals surface area contributed by atoms with Gasteiger partial charge in [-0.25, -0.2) is 0 Å². The second-order valence-corrected chi connectivity index (χ2v) is 7.68. The van der Waals surface area contributed by atoms with Gasteiger partial charge in [-0.15, -0.1) is 0 Å². The maximum Gasteiger partial charge on any atom is 0.235 e. The number of rotatable bonds is 7. The number of fused-ring (bicyclic) bond motifs is 1. The van der Waals surface area contributed by atoms with Gasteiger partial charge in [0.05, 0.1) is 30.6 Å². The van der Waals surface area contributed by atoms with Gasteiger partial charge in [0.2, 0.25) is 11.8 Å². The maximum atomic E-state index is 13.1. The van der Waals surface area contributed by atoms with Gasteiger partial charge in [-0.2, -0.15) is 0 Å². The van der Waals surface area contributed by atoms with Crippen molar-refractivity contribution >= 4 is 17.6 Å². The van der Waals surface area contributed by atoms with Crippen LogP contribution in [0.1, 0.15) is 26.0 Å². The Kier molecular flexibility index (Phi) is 4.55. The van der Waals surface area contributed by atoms with Crippen LogP contribution in [0.3, 0.4) is 0 Å². The number of carbonyl (C=O) groups excluding carboxylic acids is 2. The highest BCUT2D eigenvalue weighted by molar-refractivity contribution is 6.02. The van der Waals surface area contributed by atoms with E-state index in [1.807, 2.05) is 26.0 Å². The van der Waals surface area contributed by atoms with Crippen LogP contribution in [0, 0.1) is 18.8 Å². The lowest BCUT2D eigenvalue weighted by Gasteiger charge is -2.23. The van der Waals surface area contributed by atoms with Gasteiger partial charge >= 0.3 is 0 Å². The molecule has 3 aliphatic rings. The average molecular weight is 375 g/mol. The normalized spacial score (nSPS) is 31.2. The molecule has 0 radical (unpaired) electrons. The first-order valence-electron chi connectivity index (χ1n) is 9.42.